The van der Waals surface area contributed by atoms with Crippen LogP contribution in [0, 0.1) is 6.92 Å². The normalized spacial score (nSPS) is 10.4. The highest BCUT2D eigenvalue weighted by Gasteiger charge is 2.08. The molecular formula is C11H11ClN2O2. The molecule has 2 rings (SSSR count). The SMILES string of the molecule is Cc1ccc(Oc2nc(CN)co2)c(Cl)c1. The Morgan fingerprint density at radius 1 is 1.50 bits per heavy atom. The van der Waals surface area contributed by atoms with Gasteiger partial charge in [-0.25, -0.2) is 0 Å². The standard InChI is InChI=1S/C11H11ClN2O2/c1-7-2-3-10(9(12)4-7)16-11-14-8(5-13)6-15-11/h2-4,6H,5,13H2,1H3. The molecule has 0 spiro atoms. The highest BCUT2D eigenvalue weighted by atomic mass is 35.5. The van der Waals surface area contributed by atoms with E-state index in [0.29, 0.717) is 23.0 Å². The lowest BCUT2D eigenvalue weighted by Gasteiger charge is -2.03. The fourth-order valence-electron chi connectivity index (χ4n) is 1.21. The molecule has 84 valence electrons. The van der Waals surface area contributed by atoms with Crippen LogP contribution < -0.4 is 10.5 Å². The van der Waals surface area contributed by atoms with Crippen LogP contribution in [0.5, 0.6) is 11.8 Å². The van der Waals surface area contributed by atoms with Gasteiger partial charge in [-0.2, -0.15) is 4.98 Å². The summed E-state index contributed by atoms with van der Waals surface area (Å²) >= 11 is 6.00. The van der Waals surface area contributed by atoms with E-state index in [0.717, 1.165) is 5.56 Å². The van der Waals surface area contributed by atoms with Crippen molar-refractivity contribution in [2.24, 2.45) is 5.73 Å². The van der Waals surface area contributed by atoms with Gasteiger partial charge in [0.15, 0.2) is 5.75 Å². The summed E-state index contributed by atoms with van der Waals surface area (Å²) in [5.74, 6) is 0.512. The Balaban J connectivity index is 2.20. The van der Waals surface area contributed by atoms with Crippen LogP contribution in [0.2, 0.25) is 5.02 Å². The van der Waals surface area contributed by atoms with Gasteiger partial charge in [0.25, 0.3) is 0 Å². The number of ether oxygens (including phenoxy) is 1. The molecule has 1 aromatic carbocycles. The third-order valence-electron chi connectivity index (χ3n) is 2.02. The molecule has 0 fully saturated rings. The molecule has 4 nitrogen and oxygen atoms in total. The Morgan fingerprint density at radius 3 is 2.94 bits per heavy atom. The van der Waals surface area contributed by atoms with E-state index >= 15 is 0 Å². The summed E-state index contributed by atoms with van der Waals surface area (Å²) in [6.45, 7) is 2.27. The molecule has 5 heteroatoms. The second kappa shape index (κ2) is 4.55. The summed E-state index contributed by atoms with van der Waals surface area (Å²) in [6, 6.07) is 5.47. The number of nitrogens with two attached hydrogens (primary N) is 1. The number of aromatic nitrogens is 1. The lowest BCUT2D eigenvalue weighted by molar-refractivity contribution is 0.331. The average molecular weight is 239 g/mol. The van der Waals surface area contributed by atoms with Crippen LogP contribution in [0.4, 0.5) is 0 Å². The fraction of sp³-hybridized carbons (Fsp3) is 0.182. The van der Waals surface area contributed by atoms with Crippen LogP contribution in [0.15, 0.2) is 28.9 Å². The number of rotatable bonds is 3. The molecule has 0 saturated heterocycles. The van der Waals surface area contributed by atoms with Gasteiger partial charge in [0.2, 0.25) is 0 Å². The van der Waals surface area contributed by atoms with Crippen LogP contribution in [-0.2, 0) is 6.54 Å². The largest absolute Gasteiger partial charge is 0.417 e. The molecule has 16 heavy (non-hydrogen) atoms. The van der Waals surface area contributed by atoms with Crippen molar-refractivity contribution in [2.75, 3.05) is 0 Å². The van der Waals surface area contributed by atoms with E-state index in [-0.39, 0.29) is 6.08 Å². The number of hydrogen-bond donors (Lipinski definition) is 1. The molecule has 0 aliphatic rings. The fourth-order valence-corrected chi connectivity index (χ4v) is 1.49. The first kappa shape index (κ1) is 11.0. The van der Waals surface area contributed by atoms with Crippen molar-refractivity contribution in [1.82, 2.24) is 4.98 Å². The van der Waals surface area contributed by atoms with Crippen molar-refractivity contribution in [3.05, 3.63) is 40.7 Å². The second-order valence-corrected chi connectivity index (χ2v) is 3.75. The number of nitrogens with zero attached hydrogens (tertiary/aromatic N) is 1. The average Bonchev–Trinajstić information content (AvgIpc) is 2.70. The monoisotopic (exact) mass is 238 g/mol. The van der Waals surface area contributed by atoms with Crippen molar-refractivity contribution in [3.8, 4) is 11.8 Å². The van der Waals surface area contributed by atoms with Gasteiger partial charge in [0, 0.05) is 6.54 Å². The molecular weight excluding hydrogens is 228 g/mol. The molecule has 0 aliphatic heterocycles. The minimum atomic E-state index is 0.145. The lowest BCUT2D eigenvalue weighted by Crippen LogP contribution is -1.95. The quantitative estimate of drug-likeness (QED) is 0.893. The maximum absolute atomic E-state index is 6.00. The third-order valence-corrected chi connectivity index (χ3v) is 2.32. The number of halogens is 1. The first-order valence-electron chi connectivity index (χ1n) is 4.77. The van der Waals surface area contributed by atoms with Crippen molar-refractivity contribution < 1.29 is 9.15 Å². The van der Waals surface area contributed by atoms with Crippen molar-refractivity contribution >= 4 is 11.6 Å². The van der Waals surface area contributed by atoms with E-state index in [1.807, 2.05) is 19.1 Å². The number of hydrogen-bond acceptors (Lipinski definition) is 4. The molecule has 0 unspecified atom stereocenters. The first-order chi connectivity index (χ1) is 7.69. The van der Waals surface area contributed by atoms with Crippen LogP contribution in [-0.4, -0.2) is 4.98 Å². The highest BCUT2D eigenvalue weighted by Crippen LogP contribution is 2.29. The summed E-state index contributed by atoms with van der Waals surface area (Å²) in [5, 5.41) is 0.521. The van der Waals surface area contributed by atoms with Gasteiger partial charge < -0.3 is 14.9 Å². The Morgan fingerprint density at radius 2 is 2.31 bits per heavy atom. The minimum Gasteiger partial charge on any atom is -0.417 e. The predicted octanol–water partition coefficient (Wildman–Crippen LogP) is 2.89. The van der Waals surface area contributed by atoms with Crippen LogP contribution in [0.3, 0.4) is 0 Å². The first-order valence-corrected chi connectivity index (χ1v) is 5.15. The van der Waals surface area contributed by atoms with Crippen molar-refractivity contribution in [3.63, 3.8) is 0 Å². The topological polar surface area (TPSA) is 61.3 Å². The molecule has 0 radical (unpaired) electrons. The number of aryl methyl sites for hydroxylation is 1. The van der Waals surface area contributed by atoms with Gasteiger partial charge in [-0.1, -0.05) is 17.7 Å². The molecule has 1 aromatic heterocycles. The maximum atomic E-state index is 6.00. The number of oxazole rings is 1. The van der Waals surface area contributed by atoms with Crippen molar-refractivity contribution in [2.45, 2.75) is 13.5 Å². The Hall–Kier alpha value is -1.52. The van der Waals surface area contributed by atoms with Gasteiger partial charge in [0.1, 0.15) is 6.26 Å². The molecule has 0 amide bonds. The van der Waals surface area contributed by atoms with Gasteiger partial charge in [-0.15, -0.1) is 0 Å². The van der Waals surface area contributed by atoms with E-state index in [1.165, 1.54) is 6.26 Å². The predicted molar refractivity (Wildman–Crippen MR) is 60.7 cm³/mol. The summed E-state index contributed by atoms with van der Waals surface area (Å²) < 4.78 is 10.5. The minimum absolute atomic E-state index is 0.145. The second-order valence-electron chi connectivity index (χ2n) is 3.34. The summed E-state index contributed by atoms with van der Waals surface area (Å²) in [4.78, 5) is 4.02. The molecule has 0 aliphatic carbocycles. The molecule has 0 bridgehead atoms. The van der Waals surface area contributed by atoms with Gasteiger partial charge >= 0.3 is 6.08 Å². The molecule has 1 heterocycles. The lowest BCUT2D eigenvalue weighted by atomic mass is 10.2. The Labute approximate surface area is 98.0 Å². The van der Waals surface area contributed by atoms with Gasteiger partial charge in [0.05, 0.1) is 10.7 Å². The summed E-state index contributed by atoms with van der Waals surface area (Å²) in [6.07, 6.45) is 1.60. The number of benzene rings is 1. The summed E-state index contributed by atoms with van der Waals surface area (Å²) in [5.41, 5.74) is 7.10. The van der Waals surface area contributed by atoms with E-state index in [1.54, 1.807) is 6.07 Å². The molecule has 2 N–H and O–H groups in total. The zero-order chi connectivity index (χ0) is 11.5. The van der Waals surface area contributed by atoms with Gasteiger partial charge in [-0.3, -0.25) is 0 Å². The zero-order valence-electron chi connectivity index (χ0n) is 8.74. The Bertz CT molecular complexity index is 496. The zero-order valence-corrected chi connectivity index (χ0v) is 9.49. The molecule has 0 atom stereocenters. The van der Waals surface area contributed by atoms with Crippen LogP contribution in [0.1, 0.15) is 11.3 Å². The molecule has 2 aromatic rings. The maximum Gasteiger partial charge on any atom is 0.399 e. The highest BCUT2D eigenvalue weighted by molar-refractivity contribution is 6.32. The van der Waals surface area contributed by atoms with E-state index in [2.05, 4.69) is 4.98 Å². The van der Waals surface area contributed by atoms with Crippen LogP contribution >= 0.6 is 11.6 Å². The summed E-state index contributed by atoms with van der Waals surface area (Å²) in [7, 11) is 0. The van der Waals surface area contributed by atoms with Gasteiger partial charge in [-0.05, 0) is 24.6 Å². The van der Waals surface area contributed by atoms with E-state index in [4.69, 9.17) is 26.5 Å². The van der Waals surface area contributed by atoms with E-state index in [9.17, 15) is 0 Å². The van der Waals surface area contributed by atoms with E-state index < -0.39 is 0 Å². The van der Waals surface area contributed by atoms with Crippen LogP contribution in [0.25, 0.3) is 0 Å². The molecule has 0 saturated carbocycles. The Kier molecular flexibility index (Phi) is 3.12. The third kappa shape index (κ3) is 2.35. The van der Waals surface area contributed by atoms with Crippen molar-refractivity contribution in [1.29, 1.82) is 0 Å². The smallest absolute Gasteiger partial charge is 0.399 e.